The molecule has 0 bridgehead atoms. The number of aromatic hydroxyl groups is 1. The average molecular weight is 731 g/mol. The van der Waals surface area contributed by atoms with Gasteiger partial charge in [-0.05, 0) is 75.4 Å². The molecule has 0 fully saturated rings. The third kappa shape index (κ3) is 6.26. The van der Waals surface area contributed by atoms with E-state index in [0.717, 1.165) is 77.6 Å². The highest BCUT2D eigenvalue weighted by atomic mass is 16.3. The van der Waals surface area contributed by atoms with E-state index in [2.05, 4.69) is 148 Å². The van der Waals surface area contributed by atoms with E-state index >= 15 is 0 Å². The van der Waals surface area contributed by atoms with Gasteiger partial charge in [-0.3, -0.25) is 0 Å². The topological polar surface area (TPSA) is 62.6 Å². The van der Waals surface area contributed by atoms with Crippen LogP contribution in [0.25, 0.3) is 55.0 Å². The van der Waals surface area contributed by atoms with Gasteiger partial charge in [-0.25, -0.2) is 0 Å². The van der Waals surface area contributed by atoms with Crippen molar-refractivity contribution in [1.29, 1.82) is 0 Å². The van der Waals surface area contributed by atoms with Gasteiger partial charge in [-0.15, -0.1) is 0 Å². The smallest absolute Gasteiger partial charge is 0.138 e. The third-order valence-electron chi connectivity index (χ3n) is 11.4. The van der Waals surface area contributed by atoms with E-state index in [1.807, 2.05) is 48.5 Å². The normalized spacial score (nSPS) is 15.7. The average Bonchev–Trinajstić information content (AvgIpc) is 3.60. The number of nitrogens with zero attached hydrogens (tertiary/aromatic N) is 1. The van der Waals surface area contributed by atoms with Gasteiger partial charge >= 0.3 is 0 Å². The molecule has 0 radical (unpaired) electrons. The number of allylic oxidation sites excluding steroid dienone is 2. The number of phenolic OH excluding ortho intramolecular Hbond substituents is 1. The van der Waals surface area contributed by atoms with Gasteiger partial charge < -0.3 is 20.2 Å². The van der Waals surface area contributed by atoms with Crippen LogP contribution in [-0.2, 0) is 0 Å². The van der Waals surface area contributed by atoms with Crippen LogP contribution in [0, 0.1) is 5.92 Å². The summed E-state index contributed by atoms with van der Waals surface area (Å²) in [5, 5.41) is 16.1. The summed E-state index contributed by atoms with van der Waals surface area (Å²) in [6.45, 7) is 8.89. The van der Waals surface area contributed by atoms with Gasteiger partial charge in [0.25, 0.3) is 0 Å². The second kappa shape index (κ2) is 14.4. The van der Waals surface area contributed by atoms with E-state index in [4.69, 9.17) is 10.2 Å². The Bertz CT molecular complexity index is 2790. The fraction of sp³-hybridized carbons (Fsp3) is 0.154. The van der Waals surface area contributed by atoms with Crippen LogP contribution in [0.3, 0.4) is 0 Å². The van der Waals surface area contributed by atoms with Crippen LogP contribution in [0.2, 0.25) is 0 Å². The number of anilines is 3. The number of fused-ring (bicyclic) bond motifs is 5. The monoisotopic (exact) mass is 730 g/mol. The molecule has 1 heterocycles. The molecule has 0 aliphatic heterocycles. The van der Waals surface area contributed by atoms with Gasteiger partial charge in [0.1, 0.15) is 16.9 Å². The lowest BCUT2D eigenvalue weighted by Crippen LogP contribution is -2.27. The number of hydrogen-bond donors (Lipinski definition) is 2. The Hall–Kier alpha value is -6.36. The Morgan fingerprint density at radius 1 is 0.607 bits per heavy atom. The van der Waals surface area contributed by atoms with Crippen molar-refractivity contribution in [3.63, 3.8) is 0 Å². The minimum absolute atomic E-state index is 0.0757. The molecule has 1 aliphatic carbocycles. The van der Waals surface area contributed by atoms with Gasteiger partial charge in [0.05, 0.1) is 5.69 Å². The first-order chi connectivity index (χ1) is 27.2. The molecule has 276 valence electrons. The Morgan fingerprint density at radius 3 is 2.05 bits per heavy atom. The zero-order valence-electron chi connectivity index (χ0n) is 32.3. The minimum atomic E-state index is -0.0964. The summed E-state index contributed by atoms with van der Waals surface area (Å²) < 4.78 is 6.84. The van der Waals surface area contributed by atoms with E-state index < -0.39 is 0 Å². The van der Waals surface area contributed by atoms with Crippen molar-refractivity contribution < 1.29 is 9.52 Å². The van der Waals surface area contributed by atoms with Gasteiger partial charge in [-0.2, -0.15) is 0 Å². The fourth-order valence-corrected chi connectivity index (χ4v) is 8.32. The standard InChI is InChI=1S/C52H46N2O2/c1-32(2)34-20-24-39(25-21-34)54(40-15-10-14-37(28-40)42-19-11-18-41(52(42)55)35-12-6-5-7-13-35)48-31-50-51(44-17-9-8-16-43(44)48)45-26-22-38(30-49(45)56-50)46-29-36(33(3)4)23-27-47(46)53/h5-33,46-47,55H,53H2,1-4H3. The zero-order valence-corrected chi connectivity index (χ0v) is 32.3. The number of hydrogen-bond acceptors (Lipinski definition) is 4. The number of furan rings is 1. The van der Waals surface area contributed by atoms with Crippen molar-refractivity contribution in [2.45, 2.75) is 45.6 Å². The first-order valence-electron chi connectivity index (χ1n) is 19.7. The highest BCUT2D eigenvalue weighted by Gasteiger charge is 2.24. The van der Waals surface area contributed by atoms with E-state index in [9.17, 15) is 5.11 Å². The molecule has 9 rings (SSSR count). The number of para-hydroxylation sites is 1. The van der Waals surface area contributed by atoms with Gasteiger partial charge in [0.15, 0.2) is 0 Å². The largest absolute Gasteiger partial charge is 0.507 e. The highest BCUT2D eigenvalue weighted by molar-refractivity contribution is 6.22. The summed E-state index contributed by atoms with van der Waals surface area (Å²) >= 11 is 0. The van der Waals surface area contributed by atoms with Crippen molar-refractivity contribution >= 4 is 49.8 Å². The molecule has 0 amide bonds. The Kier molecular flexibility index (Phi) is 9.07. The van der Waals surface area contributed by atoms with Crippen molar-refractivity contribution in [3.8, 4) is 28.0 Å². The number of phenols is 1. The highest BCUT2D eigenvalue weighted by Crippen LogP contribution is 2.47. The van der Waals surface area contributed by atoms with E-state index in [1.165, 1.54) is 11.1 Å². The van der Waals surface area contributed by atoms with Crippen LogP contribution < -0.4 is 10.6 Å². The molecular formula is C52H46N2O2. The van der Waals surface area contributed by atoms with Gasteiger partial charge in [-0.1, -0.05) is 155 Å². The lowest BCUT2D eigenvalue weighted by molar-refractivity contribution is 0.479. The van der Waals surface area contributed by atoms with Crippen molar-refractivity contribution in [2.75, 3.05) is 4.90 Å². The van der Waals surface area contributed by atoms with Crippen LogP contribution in [0.15, 0.2) is 174 Å². The van der Waals surface area contributed by atoms with Crippen molar-refractivity contribution in [3.05, 3.63) is 181 Å². The molecule has 1 aliphatic rings. The van der Waals surface area contributed by atoms with Crippen LogP contribution in [0.5, 0.6) is 5.75 Å². The summed E-state index contributed by atoms with van der Waals surface area (Å²) in [6.07, 6.45) is 6.61. The summed E-state index contributed by atoms with van der Waals surface area (Å²) in [5.74, 6) is 1.17. The molecule has 2 atom stereocenters. The Morgan fingerprint density at radius 2 is 1.30 bits per heavy atom. The van der Waals surface area contributed by atoms with Crippen molar-refractivity contribution in [2.24, 2.45) is 11.7 Å². The Labute approximate surface area is 328 Å². The van der Waals surface area contributed by atoms with Crippen LogP contribution in [0.1, 0.15) is 50.7 Å². The maximum absolute atomic E-state index is 11.7. The first-order valence-corrected chi connectivity index (χ1v) is 19.7. The molecule has 7 aromatic carbocycles. The van der Waals surface area contributed by atoms with E-state index in [1.54, 1.807) is 0 Å². The fourth-order valence-electron chi connectivity index (χ4n) is 8.32. The summed E-state index contributed by atoms with van der Waals surface area (Å²) in [7, 11) is 0. The van der Waals surface area contributed by atoms with E-state index in [0.29, 0.717) is 11.8 Å². The predicted molar refractivity (Wildman–Crippen MR) is 235 cm³/mol. The second-order valence-electron chi connectivity index (χ2n) is 15.7. The number of nitrogens with two attached hydrogens (primary N) is 1. The quantitative estimate of drug-likeness (QED) is 0.163. The molecule has 0 saturated carbocycles. The SMILES string of the molecule is CC(C)C1=CC(c2ccc3c(c2)oc2cc(N(c4ccc(C(C)C)cc4)c4cccc(-c5cccc(-c6ccccc6)c5O)c4)c4ccccc4c23)C(N)C=C1. The Balaban J connectivity index is 1.23. The summed E-state index contributed by atoms with van der Waals surface area (Å²) in [6, 6.07) is 50.7. The minimum Gasteiger partial charge on any atom is -0.507 e. The van der Waals surface area contributed by atoms with Crippen LogP contribution >= 0.6 is 0 Å². The molecule has 3 N–H and O–H groups in total. The van der Waals surface area contributed by atoms with Gasteiger partial charge in [0.2, 0.25) is 0 Å². The maximum Gasteiger partial charge on any atom is 0.138 e. The predicted octanol–water partition coefficient (Wildman–Crippen LogP) is 13.9. The number of rotatable bonds is 8. The molecule has 2 unspecified atom stereocenters. The third-order valence-corrected chi connectivity index (χ3v) is 11.4. The summed E-state index contributed by atoms with van der Waals surface area (Å²) in [4.78, 5) is 2.32. The maximum atomic E-state index is 11.7. The second-order valence-corrected chi connectivity index (χ2v) is 15.7. The lowest BCUT2D eigenvalue weighted by Gasteiger charge is -2.28. The zero-order chi connectivity index (χ0) is 38.5. The molecule has 8 aromatic rings. The van der Waals surface area contributed by atoms with Crippen LogP contribution in [-0.4, -0.2) is 11.1 Å². The first kappa shape index (κ1) is 35.3. The number of benzene rings is 7. The summed E-state index contributed by atoms with van der Waals surface area (Å²) in [5.41, 5.74) is 18.6. The van der Waals surface area contributed by atoms with E-state index in [-0.39, 0.29) is 17.7 Å². The molecule has 0 saturated heterocycles. The molecule has 4 heteroatoms. The molecule has 4 nitrogen and oxygen atoms in total. The lowest BCUT2D eigenvalue weighted by atomic mass is 9.83. The molecular weight excluding hydrogens is 685 g/mol. The molecule has 0 spiro atoms. The van der Waals surface area contributed by atoms with Crippen LogP contribution in [0.4, 0.5) is 17.1 Å². The van der Waals surface area contributed by atoms with Gasteiger partial charge in [0, 0.05) is 56.7 Å². The van der Waals surface area contributed by atoms with Crippen molar-refractivity contribution in [1.82, 2.24) is 0 Å². The molecule has 56 heavy (non-hydrogen) atoms. The molecule has 1 aromatic heterocycles.